The molecule has 0 unspecified atom stereocenters. The van der Waals surface area contributed by atoms with Crippen molar-refractivity contribution in [3.8, 4) is 0 Å². The highest BCUT2D eigenvalue weighted by atomic mass is 19.1. The summed E-state index contributed by atoms with van der Waals surface area (Å²) in [4.78, 5) is 24.6. The summed E-state index contributed by atoms with van der Waals surface area (Å²) in [6.07, 6.45) is 1.66. The summed E-state index contributed by atoms with van der Waals surface area (Å²) in [5.74, 6) is -0.637. The predicted molar refractivity (Wildman–Crippen MR) is 141 cm³/mol. The highest BCUT2D eigenvalue weighted by molar-refractivity contribution is 6.10. The zero-order valence-electron chi connectivity index (χ0n) is 19.8. The SMILES string of the molecule is CN(C)c1ccc(C=Nn2c(N)c(C(=O)NCc3ccc(F)cc3)c3nc4ccccc4nc32)cc1. The molecule has 2 aromatic heterocycles. The Morgan fingerprint density at radius 3 is 2.36 bits per heavy atom. The van der Waals surface area contributed by atoms with Gasteiger partial charge in [0, 0.05) is 26.3 Å². The van der Waals surface area contributed by atoms with Crippen molar-refractivity contribution in [1.29, 1.82) is 0 Å². The number of hydrogen-bond acceptors (Lipinski definition) is 6. The summed E-state index contributed by atoms with van der Waals surface area (Å²) in [6, 6.07) is 21.2. The van der Waals surface area contributed by atoms with Crippen molar-refractivity contribution in [2.45, 2.75) is 6.54 Å². The van der Waals surface area contributed by atoms with E-state index < -0.39 is 5.91 Å². The molecule has 180 valence electrons. The minimum absolute atomic E-state index is 0.123. The molecule has 0 fully saturated rings. The van der Waals surface area contributed by atoms with Crippen LogP contribution in [0.5, 0.6) is 0 Å². The lowest BCUT2D eigenvalue weighted by Crippen LogP contribution is -2.23. The molecular weight excluding hydrogens is 457 g/mol. The Bertz CT molecular complexity index is 1590. The Morgan fingerprint density at radius 1 is 1.03 bits per heavy atom. The van der Waals surface area contributed by atoms with Crippen LogP contribution in [0, 0.1) is 5.82 Å². The summed E-state index contributed by atoms with van der Waals surface area (Å²) in [5.41, 5.74) is 11.3. The average Bonchev–Trinajstić information content (AvgIpc) is 3.15. The van der Waals surface area contributed by atoms with Crippen LogP contribution in [0.4, 0.5) is 15.9 Å². The summed E-state index contributed by atoms with van der Waals surface area (Å²) in [7, 11) is 3.95. The van der Waals surface area contributed by atoms with E-state index in [0.29, 0.717) is 22.2 Å². The van der Waals surface area contributed by atoms with E-state index in [1.54, 1.807) is 18.3 Å². The largest absolute Gasteiger partial charge is 0.383 e. The average molecular weight is 482 g/mol. The number of fused-ring (bicyclic) bond motifs is 2. The van der Waals surface area contributed by atoms with Crippen molar-refractivity contribution >= 4 is 45.8 Å². The van der Waals surface area contributed by atoms with Crippen molar-refractivity contribution in [1.82, 2.24) is 20.0 Å². The molecule has 5 rings (SSSR count). The molecule has 0 bridgehead atoms. The summed E-state index contributed by atoms with van der Waals surface area (Å²) in [6.45, 7) is 0.202. The van der Waals surface area contributed by atoms with Crippen LogP contribution in [-0.2, 0) is 6.54 Å². The number of aromatic nitrogens is 3. The minimum atomic E-state index is -0.421. The van der Waals surface area contributed by atoms with Gasteiger partial charge >= 0.3 is 0 Å². The van der Waals surface area contributed by atoms with Crippen molar-refractivity contribution in [3.05, 3.63) is 95.3 Å². The van der Waals surface area contributed by atoms with Gasteiger partial charge in [-0.25, -0.2) is 14.4 Å². The molecule has 0 radical (unpaired) electrons. The molecule has 36 heavy (non-hydrogen) atoms. The van der Waals surface area contributed by atoms with Gasteiger partial charge in [0.2, 0.25) is 0 Å². The van der Waals surface area contributed by atoms with Crippen molar-refractivity contribution in [2.75, 3.05) is 24.7 Å². The number of benzene rings is 3. The first-order chi connectivity index (χ1) is 17.4. The van der Waals surface area contributed by atoms with E-state index in [-0.39, 0.29) is 23.7 Å². The number of carbonyl (C=O) groups excluding carboxylic acids is 1. The van der Waals surface area contributed by atoms with Gasteiger partial charge in [-0.15, -0.1) is 0 Å². The Balaban J connectivity index is 1.55. The molecule has 1 amide bonds. The number of nitrogens with zero attached hydrogens (tertiary/aromatic N) is 5. The normalized spacial score (nSPS) is 11.4. The van der Waals surface area contributed by atoms with E-state index >= 15 is 0 Å². The molecule has 3 N–H and O–H groups in total. The molecule has 9 heteroatoms. The summed E-state index contributed by atoms with van der Waals surface area (Å²) >= 11 is 0. The van der Waals surface area contributed by atoms with Gasteiger partial charge in [0.15, 0.2) is 5.65 Å². The highest BCUT2D eigenvalue weighted by Gasteiger charge is 2.24. The second kappa shape index (κ2) is 9.46. The number of nitrogen functional groups attached to an aromatic ring is 1. The first-order valence-electron chi connectivity index (χ1n) is 11.3. The van der Waals surface area contributed by atoms with Crippen LogP contribution >= 0.6 is 0 Å². The van der Waals surface area contributed by atoms with E-state index in [1.807, 2.05) is 67.5 Å². The maximum Gasteiger partial charge on any atom is 0.257 e. The molecule has 0 aliphatic rings. The second-order valence-electron chi connectivity index (χ2n) is 8.50. The molecule has 3 aromatic carbocycles. The third-order valence-electron chi connectivity index (χ3n) is 5.80. The molecule has 2 heterocycles. The van der Waals surface area contributed by atoms with Crippen molar-refractivity contribution < 1.29 is 9.18 Å². The van der Waals surface area contributed by atoms with E-state index in [9.17, 15) is 9.18 Å². The number of nitrogens with two attached hydrogens (primary N) is 1. The number of halogens is 1. The fourth-order valence-electron chi connectivity index (χ4n) is 3.84. The summed E-state index contributed by atoms with van der Waals surface area (Å²) in [5, 5.41) is 7.39. The maximum atomic E-state index is 13.2. The third kappa shape index (κ3) is 4.46. The van der Waals surface area contributed by atoms with Crippen molar-refractivity contribution in [2.24, 2.45) is 5.10 Å². The lowest BCUT2D eigenvalue weighted by Gasteiger charge is -2.11. The molecule has 0 atom stereocenters. The van der Waals surface area contributed by atoms with Gasteiger partial charge in [-0.3, -0.25) is 4.79 Å². The molecule has 0 aliphatic carbocycles. The first kappa shape index (κ1) is 23.0. The molecule has 0 aliphatic heterocycles. The van der Waals surface area contributed by atoms with Crippen LogP contribution in [0.1, 0.15) is 21.5 Å². The van der Waals surface area contributed by atoms with Crippen LogP contribution in [-0.4, -0.2) is 40.9 Å². The molecule has 8 nitrogen and oxygen atoms in total. The lowest BCUT2D eigenvalue weighted by molar-refractivity contribution is 0.0953. The van der Waals surface area contributed by atoms with Gasteiger partial charge in [0.25, 0.3) is 5.91 Å². The van der Waals surface area contributed by atoms with Crippen LogP contribution in [0.25, 0.3) is 22.2 Å². The Morgan fingerprint density at radius 2 is 1.69 bits per heavy atom. The van der Waals surface area contributed by atoms with Crippen LogP contribution in [0.15, 0.2) is 77.9 Å². The van der Waals surface area contributed by atoms with E-state index in [4.69, 9.17) is 10.7 Å². The number of hydrogen-bond donors (Lipinski definition) is 2. The van der Waals surface area contributed by atoms with E-state index in [0.717, 1.165) is 16.8 Å². The van der Waals surface area contributed by atoms with Gasteiger partial charge in [0.1, 0.15) is 22.7 Å². The van der Waals surface area contributed by atoms with Gasteiger partial charge in [-0.05, 0) is 47.5 Å². The van der Waals surface area contributed by atoms with Crippen LogP contribution < -0.4 is 16.0 Å². The standard InChI is InChI=1S/C27H24FN7O/c1-34(2)20-13-9-18(10-14-20)16-31-35-25(29)23(27(36)30-15-17-7-11-19(28)12-8-17)24-26(35)33-22-6-4-3-5-21(22)32-24/h3-14,16H,15,29H2,1-2H3,(H,30,36). The zero-order valence-corrected chi connectivity index (χ0v) is 19.8. The lowest BCUT2D eigenvalue weighted by atomic mass is 10.2. The maximum absolute atomic E-state index is 13.2. The van der Waals surface area contributed by atoms with Gasteiger partial charge in [-0.1, -0.05) is 36.4 Å². The third-order valence-corrected chi connectivity index (χ3v) is 5.80. The minimum Gasteiger partial charge on any atom is -0.383 e. The second-order valence-corrected chi connectivity index (χ2v) is 8.50. The fraction of sp³-hybridized carbons (Fsp3) is 0.111. The number of rotatable bonds is 6. The Hall–Kier alpha value is -4.79. The van der Waals surface area contributed by atoms with E-state index in [2.05, 4.69) is 15.4 Å². The first-order valence-corrected chi connectivity index (χ1v) is 11.3. The highest BCUT2D eigenvalue weighted by Crippen LogP contribution is 2.28. The monoisotopic (exact) mass is 481 g/mol. The number of anilines is 2. The number of nitrogens with one attached hydrogen (secondary N) is 1. The van der Waals surface area contributed by atoms with E-state index in [1.165, 1.54) is 16.8 Å². The smallest absolute Gasteiger partial charge is 0.257 e. The molecule has 5 aromatic rings. The molecule has 0 spiro atoms. The van der Waals surface area contributed by atoms with Crippen LogP contribution in [0.2, 0.25) is 0 Å². The predicted octanol–water partition coefficient (Wildman–Crippen LogP) is 4.18. The fourth-order valence-corrected chi connectivity index (χ4v) is 3.84. The Kier molecular flexibility index (Phi) is 6.03. The number of amides is 1. The van der Waals surface area contributed by atoms with Crippen molar-refractivity contribution in [3.63, 3.8) is 0 Å². The van der Waals surface area contributed by atoms with Gasteiger partial charge < -0.3 is 16.0 Å². The zero-order chi connectivity index (χ0) is 25.2. The topological polar surface area (TPSA) is 101 Å². The van der Waals surface area contributed by atoms with Crippen LogP contribution in [0.3, 0.4) is 0 Å². The number of carbonyl (C=O) groups is 1. The Labute approximate surface area is 206 Å². The molecule has 0 saturated heterocycles. The quantitative estimate of drug-likeness (QED) is 0.354. The van der Waals surface area contributed by atoms with Gasteiger partial charge in [0.05, 0.1) is 17.2 Å². The molecule has 0 saturated carbocycles. The molecular formula is C27H24FN7O. The summed E-state index contributed by atoms with van der Waals surface area (Å²) < 4.78 is 14.7. The van der Waals surface area contributed by atoms with Gasteiger partial charge in [-0.2, -0.15) is 9.78 Å². The number of para-hydroxylation sites is 2.